The highest BCUT2D eigenvalue weighted by Crippen LogP contribution is 2.24. The van der Waals surface area contributed by atoms with E-state index in [0.717, 1.165) is 17.1 Å². The molecule has 0 radical (unpaired) electrons. The van der Waals surface area contributed by atoms with Crippen LogP contribution in [0.15, 0.2) is 6.33 Å². The Kier molecular flexibility index (Phi) is 2.76. The standard InChI is InChI=1S/C10H14N6S/c1-11-10-15-8-7(12-5-13-8)9(16-10)14-6-2-3-17-4-6/h5-6H,2-4H2,1H3,(H3,11,12,13,14,15,16). The smallest absolute Gasteiger partial charge is 0.226 e. The zero-order valence-corrected chi connectivity index (χ0v) is 10.3. The van der Waals surface area contributed by atoms with Gasteiger partial charge in [-0.3, -0.25) is 0 Å². The van der Waals surface area contributed by atoms with Gasteiger partial charge in [0, 0.05) is 18.8 Å². The Labute approximate surface area is 103 Å². The first kappa shape index (κ1) is 10.6. The fourth-order valence-corrected chi connectivity index (χ4v) is 3.04. The van der Waals surface area contributed by atoms with Gasteiger partial charge < -0.3 is 15.6 Å². The van der Waals surface area contributed by atoms with E-state index >= 15 is 0 Å². The van der Waals surface area contributed by atoms with Crippen molar-refractivity contribution in [3.8, 4) is 0 Å². The Morgan fingerprint density at radius 1 is 1.47 bits per heavy atom. The molecule has 0 bridgehead atoms. The molecule has 1 fully saturated rings. The van der Waals surface area contributed by atoms with E-state index in [2.05, 4.69) is 30.6 Å². The van der Waals surface area contributed by atoms with Crippen molar-refractivity contribution in [1.29, 1.82) is 0 Å². The summed E-state index contributed by atoms with van der Waals surface area (Å²) in [5.74, 6) is 3.78. The third-order valence-corrected chi connectivity index (χ3v) is 3.94. The minimum Gasteiger partial charge on any atom is -0.365 e. The highest BCUT2D eigenvalue weighted by molar-refractivity contribution is 7.99. The van der Waals surface area contributed by atoms with Gasteiger partial charge in [-0.05, 0) is 12.2 Å². The van der Waals surface area contributed by atoms with Gasteiger partial charge in [0.15, 0.2) is 11.5 Å². The van der Waals surface area contributed by atoms with Crippen LogP contribution in [-0.4, -0.2) is 44.5 Å². The monoisotopic (exact) mass is 250 g/mol. The SMILES string of the molecule is CNc1nc(NC2CCSC2)c2[nH]cnc2n1. The van der Waals surface area contributed by atoms with Crippen molar-refractivity contribution in [2.75, 3.05) is 29.2 Å². The molecule has 2 aromatic heterocycles. The molecule has 0 saturated carbocycles. The molecule has 17 heavy (non-hydrogen) atoms. The molecule has 1 unspecified atom stereocenters. The number of rotatable bonds is 3. The lowest BCUT2D eigenvalue weighted by molar-refractivity contribution is 0.807. The average Bonchev–Trinajstić information content (AvgIpc) is 2.98. The molecule has 7 heteroatoms. The third kappa shape index (κ3) is 2.02. The summed E-state index contributed by atoms with van der Waals surface area (Å²) in [5.41, 5.74) is 1.57. The maximum atomic E-state index is 4.44. The van der Waals surface area contributed by atoms with Gasteiger partial charge in [0.2, 0.25) is 5.95 Å². The van der Waals surface area contributed by atoms with Crippen molar-refractivity contribution >= 4 is 34.7 Å². The van der Waals surface area contributed by atoms with Crippen LogP contribution in [0.1, 0.15) is 6.42 Å². The highest BCUT2D eigenvalue weighted by Gasteiger charge is 2.18. The van der Waals surface area contributed by atoms with Crippen molar-refractivity contribution < 1.29 is 0 Å². The van der Waals surface area contributed by atoms with E-state index in [9.17, 15) is 0 Å². The minimum absolute atomic E-state index is 0.492. The number of hydrogen-bond donors (Lipinski definition) is 3. The van der Waals surface area contributed by atoms with Gasteiger partial charge in [-0.2, -0.15) is 21.7 Å². The Hall–Kier alpha value is -1.50. The van der Waals surface area contributed by atoms with Gasteiger partial charge in [-0.25, -0.2) is 4.98 Å². The Morgan fingerprint density at radius 3 is 3.18 bits per heavy atom. The van der Waals surface area contributed by atoms with Crippen LogP contribution >= 0.6 is 11.8 Å². The number of aromatic nitrogens is 4. The number of hydrogen-bond acceptors (Lipinski definition) is 6. The van der Waals surface area contributed by atoms with Crippen LogP contribution in [0, 0.1) is 0 Å². The van der Waals surface area contributed by atoms with E-state index in [1.807, 2.05) is 18.8 Å². The number of imidazole rings is 1. The topological polar surface area (TPSA) is 78.5 Å². The second-order valence-electron chi connectivity index (χ2n) is 3.95. The molecule has 0 aliphatic carbocycles. The Morgan fingerprint density at radius 2 is 2.41 bits per heavy atom. The molecule has 3 N–H and O–H groups in total. The fraction of sp³-hybridized carbons (Fsp3) is 0.500. The zero-order chi connectivity index (χ0) is 11.7. The Bertz CT molecular complexity index is 518. The van der Waals surface area contributed by atoms with E-state index in [1.165, 1.54) is 12.2 Å². The van der Waals surface area contributed by atoms with Crippen molar-refractivity contribution in [3.63, 3.8) is 0 Å². The Balaban J connectivity index is 1.97. The van der Waals surface area contributed by atoms with E-state index < -0.39 is 0 Å². The molecular formula is C10H14N6S. The van der Waals surface area contributed by atoms with Gasteiger partial charge in [-0.15, -0.1) is 0 Å². The van der Waals surface area contributed by atoms with Crippen molar-refractivity contribution in [3.05, 3.63) is 6.33 Å². The molecule has 0 spiro atoms. The zero-order valence-electron chi connectivity index (χ0n) is 9.53. The van der Waals surface area contributed by atoms with Crippen molar-refractivity contribution in [2.45, 2.75) is 12.5 Å². The third-order valence-electron chi connectivity index (χ3n) is 2.78. The first-order chi connectivity index (χ1) is 8.36. The summed E-state index contributed by atoms with van der Waals surface area (Å²) in [6.45, 7) is 0. The maximum absolute atomic E-state index is 4.44. The van der Waals surface area contributed by atoms with Crippen molar-refractivity contribution in [1.82, 2.24) is 19.9 Å². The molecule has 1 atom stereocenters. The van der Waals surface area contributed by atoms with Crippen LogP contribution < -0.4 is 10.6 Å². The highest BCUT2D eigenvalue weighted by atomic mass is 32.2. The molecule has 3 heterocycles. The number of nitrogens with zero attached hydrogens (tertiary/aromatic N) is 3. The van der Waals surface area contributed by atoms with Gasteiger partial charge in [0.25, 0.3) is 0 Å². The van der Waals surface area contributed by atoms with E-state index in [4.69, 9.17) is 0 Å². The summed E-state index contributed by atoms with van der Waals surface area (Å²) in [7, 11) is 1.81. The number of thioether (sulfide) groups is 1. The van der Waals surface area contributed by atoms with Crippen LogP contribution in [0.5, 0.6) is 0 Å². The predicted octanol–water partition coefficient (Wildman–Crippen LogP) is 1.31. The second-order valence-corrected chi connectivity index (χ2v) is 5.10. The molecule has 3 rings (SSSR count). The van der Waals surface area contributed by atoms with Crippen LogP contribution in [0.4, 0.5) is 11.8 Å². The summed E-state index contributed by atoms with van der Waals surface area (Å²) in [6.07, 6.45) is 2.83. The van der Waals surface area contributed by atoms with E-state index in [0.29, 0.717) is 17.6 Å². The lowest BCUT2D eigenvalue weighted by Crippen LogP contribution is -2.19. The molecule has 0 amide bonds. The molecule has 1 saturated heterocycles. The molecule has 0 aromatic carbocycles. The average molecular weight is 250 g/mol. The van der Waals surface area contributed by atoms with Gasteiger partial charge >= 0.3 is 0 Å². The first-order valence-corrected chi connectivity index (χ1v) is 6.75. The second kappa shape index (κ2) is 4.40. The van der Waals surface area contributed by atoms with Crippen LogP contribution in [0.3, 0.4) is 0 Å². The first-order valence-electron chi connectivity index (χ1n) is 5.60. The lowest BCUT2D eigenvalue weighted by atomic mass is 10.2. The van der Waals surface area contributed by atoms with Crippen LogP contribution in [0.25, 0.3) is 11.2 Å². The molecule has 1 aliphatic heterocycles. The molecule has 1 aliphatic rings. The van der Waals surface area contributed by atoms with Gasteiger partial charge in [0.05, 0.1) is 6.33 Å². The van der Waals surface area contributed by atoms with E-state index in [1.54, 1.807) is 6.33 Å². The summed E-state index contributed by atoms with van der Waals surface area (Å²) in [6, 6.07) is 0.492. The maximum Gasteiger partial charge on any atom is 0.226 e. The summed E-state index contributed by atoms with van der Waals surface area (Å²) in [4.78, 5) is 16.0. The van der Waals surface area contributed by atoms with Crippen LogP contribution in [0.2, 0.25) is 0 Å². The number of fused-ring (bicyclic) bond motifs is 1. The summed E-state index contributed by atoms with van der Waals surface area (Å²) >= 11 is 1.97. The lowest BCUT2D eigenvalue weighted by Gasteiger charge is -2.13. The summed E-state index contributed by atoms with van der Waals surface area (Å²) in [5, 5.41) is 6.41. The minimum atomic E-state index is 0.492. The quantitative estimate of drug-likeness (QED) is 0.762. The van der Waals surface area contributed by atoms with Gasteiger partial charge in [-0.1, -0.05) is 0 Å². The molecule has 2 aromatic rings. The predicted molar refractivity (Wildman–Crippen MR) is 70.6 cm³/mol. The number of H-pyrrole nitrogens is 1. The fourth-order valence-electron chi connectivity index (χ4n) is 1.89. The molecule has 90 valence electrons. The molecule has 6 nitrogen and oxygen atoms in total. The largest absolute Gasteiger partial charge is 0.365 e. The molecular weight excluding hydrogens is 236 g/mol. The summed E-state index contributed by atoms with van der Waals surface area (Å²) < 4.78 is 0. The number of aromatic amines is 1. The normalized spacial score (nSPS) is 19.7. The van der Waals surface area contributed by atoms with Gasteiger partial charge in [0.1, 0.15) is 5.52 Å². The number of nitrogens with one attached hydrogen (secondary N) is 3. The van der Waals surface area contributed by atoms with E-state index in [-0.39, 0.29) is 0 Å². The number of anilines is 2. The van der Waals surface area contributed by atoms with Crippen molar-refractivity contribution in [2.24, 2.45) is 0 Å². The van der Waals surface area contributed by atoms with Crippen LogP contribution in [-0.2, 0) is 0 Å².